The average molecular weight is 617 g/mol. The van der Waals surface area contributed by atoms with Gasteiger partial charge >= 0.3 is 22.4 Å². The topological polar surface area (TPSA) is 120 Å². The minimum atomic E-state index is -4.13. The van der Waals surface area contributed by atoms with Gasteiger partial charge in [-0.2, -0.15) is 12.7 Å². The van der Waals surface area contributed by atoms with Crippen LogP contribution in [-0.2, 0) is 28.8 Å². The maximum Gasteiger partial charge on any atom is 0.407 e. The first-order chi connectivity index (χ1) is 20.3. The Morgan fingerprint density at radius 3 is 2.49 bits per heavy atom. The molecule has 0 spiro atoms. The first kappa shape index (κ1) is 32.8. The summed E-state index contributed by atoms with van der Waals surface area (Å²) < 4.78 is 48.5. The Morgan fingerprint density at radius 2 is 1.81 bits per heavy atom. The molecule has 0 aromatic heterocycles. The first-order valence-electron chi connectivity index (χ1n) is 15.0. The van der Waals surface area contributed by atoms with E-state index in [-0.39, 0.29) is 12.0 Å². The quantitative estimate of drug-likeness (QED) is 0.375. The van der Waals surface area contributed by atoms with Crippen LogP contribution >= 0.6 is 0 Å². The van der Waals surface area contributed by atoms with Gasteiger partial charge in [0, 0.05) is 19.7 Å². The Balaban J connectivity index is 1.29. The number of alkyl carbamates (subject to hydrolysis) is 1. The number of nitrogens with one attached hydrogen (secondary N) is 1. The molecule has 2 heterocycles. The van der Waals surface area contributed by atoms with Gasteiger partial charge in [-0.25, -0.2) is 4.79 Å². The summed E-state index contributed by atoms with van der Waals surface area (Å²) in [4.78, 5) is 24.3. The van der Waals surface area contributed by atoms with E-state index in [1.165, 1.54) is 4.31 Å². The highest BCUT2D eigenvalue weighted by molar-refractivity contribution is 7.84. The second kappa shape index (κ2) is 14.1. The van der Waals surface area contributed by atoms with Crippen LogP contribution in [0.2, 0.25) is 0 Å². The minimum absolute atomic E-state index is 0.0864. The largest absolute Gasteiger partial charge is 0.492 e. The molecule has 2 saturated heterocycles. The van der Waals surface area contributed by atoms with Crippen molar-refractivity contribution in [3.63, 3.8) is 0 Å². The van der Waals surface area contributed by atoms with Crippen molar-refractivity contribution < 1.29 is 36.4 Å². The van der Waals surface area contributed by atoms with E-state index in [1.54, 1.807) is 0 Å². The predicted octanol–water partition coefficient (Wildman–Crippen LogP) is 5.35. The number of hydrogen-bond donors (Lipinski definition) is 1. The maximum absolute atomic E-state index is 12.8. The molecular weight excluding hydrogens is 572 g/mol. The predicted molar refractivity (Wildman–Crippen MR) is 163 cm³/mol. The minimum Gasteiger partial charge on any atom is -0.492 e. The van der Waals surface area contributed by atoms with Crippen molar-refractivity contribution in [2.75, 3.05) is 32.8 Å². The first-order valence-corrected chi connectivity index (χ1v) is 16.3. The molecule has 2 aliphatic heterocycles. The number of ether oxygens (including phenoxy) is 3. The zero-order valence-electron chi connectivity index (χ0n) is 25.8. The van der Waals surface area contributed by atoms with E-state index in [4.69, 9.17) is 18.4 Å². The molecule has 0 bridgehead atoms. The van der Waals surface area contributed by atoms with Gasteiger partial charge in [-0.1, -0.05) is 30.3 Å². The van der Waals surface area contributed by atoms with Crippen LogP contribution in [0.4, 0.5) is 4.79 Å². The lowest BCUT2D eigenvalue weighted by Crippen LogP contribution is -2.41. The van der Waals surface area contributed by atoms with Gasteiger partial charge in [0.2, 0.25) is 0 Å². The fourth-order valence-corrected chi connectivity index (χ4v) is 6.61. The van der Waals surface area contributed by atoms with Crippen LogP contribution in [0, 0.1) is 12.8 Å². The summed E-state index contributed by atoms with van der Waals surface area (Å²) in [5.74, 6) is -0.229. The number of rotatable bonds is 9. The second-order valence-electron chi connectivity index (χ2n) is 12.3. The van der Waals surface area contributed by atoms with Crippen molar-refractivity contribution >= 4 is 22.4 Å². The number of aryl methyl sites for hydroxylation is 1. The molecular formula is C32H44N2O8S. The van der Waals surface area contributed by atoms with Gasteiger partial charge in [0.05, 0.1) is 18.6 Å². The lowest BCUT2D eigenvalue weighted by molar-refractivity contribution is -0.143. The van der Waals surface area contributed by atoms with E-state index < -0.39 is 33.9 Å². The summed E-state index contributed by atoms with van der Waals surface area (Å²) in [5.41, 5.74) is 3.81. The monoisotopic (exact) mass is 616 g/mol. The normalized spacial score (nSPS) is 20.3. The van der Waals surface area contributed by atoms with Gasteiger partial charge in [-0.3, -0.25) is 4.79 Å². The number of hydrogen-bond acceptors (Lipinski definition) is 8. The number of piperidine rings is 1. The number of nitrogens with zero attached hydrogens (tertiary/aromatic N) is 1. The van der Waals surface area contributed by atoms with E-state index in [0.29, 0.717) is 64.3 Å². The van der Waals surface area contributed by atoms with Crippen LogP contribution in [0.1, 0.15) is 70.4 Å². The molecule has 43 heavy (non-hydrogen) atoms. The van der Waals surface area contributed by atoms with E-state index in [0.717, 1.165) is 22.3 Å². The van der Waals surface area contributed by atoms with Gasteiger partial charge < -0.3 is 23.7 Å². The van der Waals surface area contributed by atoms with E-state index in [1.807, 2.05) is 52.0 Å². The van der Waals surface area contributed by atoms with Crippen molar-refractivity contribution in [1.29, 1.82) is 0 Å². The van der Waals surface area contributed by atoms with Gasteiger partial charge in [0.15, 0.2) is 0 Å². The summed E-state index contributed by atoms with van der Waals surface area (Å²) in [6, 6.07) is 14.2. The van der Waals surface area contributed by atoms with Crippen LogP contribution in [0.25, 0.3) is 11.1 Å². The highest BCUT2D eigenvalue weighted by Gasteiger charge is 2.35. The molecule has 2 atom stereocenters. The average Bonchev–Trinajstić information content (AvgIpc) is 2.94. The summed E-state index contributed by atoms with van der Waals surface area (Å²) in [7, 11) is -4.13. The lowest BCUT2D eigenvalue weighted by atomic mass is 9.87. The Labute approximate surface area is 255 Å². The number of amides is 1. The molecule has 0 aliphatic carbocycles. The Morgan fingerprint density at radius 1 is 1.07 bits per heavy atom. The third kappa shape index (κ3) is 9.42. The molecule has 0 saturated carbocycles. The third-order valence-corrected chi connectivity index (χ3v) is 9.05. The fraction of sp³-hybridized carbons (Fsp3) is 0.562. The molecule has 236 valence electrons. The second-order valence-corrected chi connectivity index (χ2v) is 13.9. The molecule has 2 aromatic rings. The molecule has 1 amide bonds. The van der Waals surface area contributed by atoms with E-state index >= 15 is 0 Å². The van der Waals surface area contributed by atoms with Crippen LogP contribution in [0.3, 0.4) is 0 Å². The third-order valence-electron chi connectivity index (χ3n) is 7.68. The van der Waals surface area contributed by atoms with Crippen molar-refractivity contribution in [2.24, 2.45) is 5.92 Å². The molecule has 0 radical (unpaired) electrons. The highest BCUT2D eigenvalue weighted by atomic mass is 32.2. The molecule has 2 unspecified atom stereocenters. The number of benzene rings is 2. The van der Waals surface area contributed by atoms with E-state index in [9.17, 15) is 18.0 Å². The molecule has 2 fully saturated rings. The molecule has 11 heteroatoms. The SMILES string of the molecule is Cc1cc(C2CCN(S(=O)(=O)OC(=O)C3CCOC(C)C3)CC2)ccc1-c1cccc(OCCNC(=O)OC(C)(C)C)c1. The molecule has 1 N–H and O–H groups in total. The standard InChI is InChI=1S/C32H44N2O8S/c1-22-19-25(24-11-15-34(16-12-24)43(37,38)42-30(35)27-13-17-39-23(2)20-27)9-10-29(22)26-7-6-8-28(21-26)40-18-14-33-31(36)41-32(3,4)5/h6-10,19,21,23-24,27H,11-18,20H2,1-5H3,(H,33,36). The zero-order chi connectivity index (χ0) is 31.2. The zero-order valence-corrected chi connectivity index (χ0v) is 26.6. The van der Waals surface area contributed by atoms with Gasteiger partial charge in [-0.05, 0) is 101 Å². The van der Waals surface area contributed by atoms with Crippen LogP contribution in [0.15, 0.2) is 42.5 Å². The Kier molecular flexibility index (Phi) is 10.7. The van der Waals surface area contributed by atoms with Crippen molar-refractivity contribution in [2.45, 2.75) is 77.9 Å². The highest BCUT2D eigenvalue weighted by Crippen LogP contribution is 2.34. The Hall–Kier alpha value is -3.15. The smallest absolute Gasteiger partial charge is 0.407 e. The van der Waals surface area contributed by atoms with Crippen molar-refractivity contribution in [3.8, 4) is 16.9 Å². The van der Waals surface area contributed by atoms with Crippen molar-refractivity contribution in [3.05, 3.63) is 53.6 Å². The Bertz CT molecular complexity index is 1380. The number of carbonyl (C=O) groups excluding carboxylic acids is 2. The van der Waals surface area contributed by atoms with E-state index in [2.05, 4.69) is 30.4 Å². The van der Waals surface area contributed by atoms with Gasteiger partial charge in [0.1, 0.15) is 18.0 Å². The molecule has 2 aliphatic rings. The molecule has 10 nitrogen and oxygen atoms in total. The van der Waals surface area contributed by atoms with Crippen molar-refractivity contribution in [1.82, 2.24) is 9.62 Å². The lowest BCUT2D eigenvalue weighted by Gasteiger charge is -2.31. The van der Waals surface area contributed by atoms with Crippen LogP contribution in [0.5, 0.6) is 5.75 Å². The van der Waals surface area contributed by atoms with Gasteiger partial charge in [0.25, 0.3) is 0 Å². The summed E-state index contributed by atoms with van der Waals surface area (Å²) in [6.45, 7) is 11.0. The molecule has 2 aromatic carbocycles. The van der Waals surface area contributed by atoms with Gasteiger partial charge in [-0.15, -0.1) is 0 Å². The maximum atomic E-state index is 12.8. The summed E-state index contributed by atoms with van der Waals surface area (Å²) in [6.07, 6.45) is 1.67. The fourth-order valence-electron chi connectivity index (χ4n) is 5.50. The molecule has 4 rings (SSSR count). The summed E-state index contributed by atoms with van der Waals surface area (Å²) >= 11 is 0. The number of carbonyl (C=O) groups is 2. The summed E-state index contributed by atoms with van der Waals surface area (Å²) in [5, 5.41) is 2.69. The van der Waals surface area contributed by atoms with Crippen LogP contribution < -0.4 is 10.1 Å². The van der Waals surface area contributed by atoms with Crippen LogP contribution in [-0.4, -0.2) is 69.3 Å².